The lowest BCUT2D eigenvalue weighted by molar-refractivity contribution is -0.00752. The average molecular weight is 227 g/mol. The van der Waals surface area contributed by atoms with Crippen molar-refractivity contribution >= 4 is 0 Å². The molecule has 3 atom stereocenters. The molecule has 0 saturated carbocycles. The molecule has 0 amide bonds. The van der Waals surface area contributed by atoms with Gasteiger partial charge in [-0.25, -0.2) is 0 Å². The molecular weight excluding hydrogens is 198 g/mol. The largest absolute Gasteiger partial charge is 0.374 e. The van der Waals surface area contributed by atoms with Crippen molar-refractivity contribution in [2.75, 3.05) is 6.61 Å². The minimum atomic E-state index is -0.0420. The first-order valence-corrected chi connectivity index (χ1v) is 7.02. The molecule has 2 nitrogen and oxygen atoms in total. The predicted molar refractivity (Wildman–Crippen MR) is 69.5 cm³/mol. The van der Waals surface area contributed by atoms with Crippen molar-refractivity contribution in [2.24, 2.45) is 11.7 Å². The van der Waals surface area contributed by atoms with Crippen molar-refractivity contribution in [3.05, 3.63) is 0 Å². The van der Waals surface area contributed by atoms with Gasteiger partial charge in [-0.2, -0.15) is 0 Å². The van der Waals surface area contributed by atoms with Crippen molar-refractivity contribution in [1.82, 2.24) is 0 Å². The van der Waals surface area contributed by atoms with Crippen LogP contribution in [0.5, 0.6) is 0 Å². The van der Waals surface area contributed by atoms with Gasteiger partial charge in [0, 0.05) is 12.6 Å². The predicted octanol–water partition coefficient (Wildman–Crippen LogP) is 3.49. The summed E-state index contributed by atoms with van der Waals surface area (Å²) in [5.41, 5.74) is 6.29. The molecule has 1 heterocycles. The Morgan fingerprint density at radius 3 is 2.62 bits per heavy atom. The van der Waals surface area contributed by atoms with E-state index in [9.17, 15) is 0 Å². The third-order valence-corrected chi connectivity index (χ3v) is 4.16. The summed E-state index contributed by atoms with van der Waals surface area (Å²) in [5.74, 6) is 0.788. The fraction of sp³-hybridized carbons (Fsp3) is 1.00. The zero-order valence-corrected chi connectivity index (χ0v) is 11.3. The van der Waals surface area contributed by atoms with Gasteiger partial charge >= 0.3 is 0 Å². The summed E-state index contributed by atoms with van der Waals surface area (Å²) >= 11 is 0. The van der Waals surface area contributed by atoms with Crippen molar-refractivity contribution < 1.29 is 4.74 Å². The molecule has 0 aromatic carbocycles. The third kappa shape index (κ3) is 3.74. The molecule has 0 aromatic rings. The van der Waals surface area contributed by atoms with Gasteiger partial charge in [-0.3, -0.25) is 0 Å². The summed E-state index contributed by atoms with van der Waals surface area (Å²) < 4.78 is 5.83. The Hall–Kier alpha value is -0.0800. The number of unbranched alkanes of at least 4 members (excludes halogenated alkanes) is 1. The Balaban J connectivity index is 2.38. The van der Waals surface area contributed by atoms with E-state index in [2.05, 4.69) is 20.8 Å². The molecule has 1 aliphatic heterocycles. The van der Waals surface area contributed by atoms with Crippen LogP contribution in [-0.4, -0.2) is 18.2 Å². The molecule has 0 bridgehead atoms. The maximum Gasteiger partial charge on any atom is 0.0805 e. The number of nitrogens with two attached hydrogens (primary N) is 1. The quantitative estimate of drug-likeness (QED) is 0.722. The van der Waals surface area contributed by atoms with E-state index in [0.717, 1.165) is 25.4 Å². The Morgan fingerprint density at radius 2 is 2.12 bits per heavy atom. The minimum absolute atomic E-state index is 0.0420. The number of ether oxygens (including phenoxy) is 1. The molecule has 1 saturated heterocycles. The maximum atomic E-state index is 6.34. The first kappa shape index (κ1) is 14.0. The first-order chi connectivity index (χ1) is 7.62. The normalized spacial score (nSPS) is 29.2. The van der Waals surface area contributed by atoms with Crippen molar-refractivity contribution in [3.8, 4) is 0 Å². The first-order valence-electron chi connectivity index (χ1n) is 7.02. The lowest BCUT2D eigenvalue weighted by Crippen LogP contribution is -2.46. The maximum absolute atomic E-state index is 6.34. The molecule has 1 fully saturated rings. The summed E-state index contributed by atoms with van der Waals surface area (Å²) in [6.07, 6.45) is 8.66. The van der Waals surface area contributed by atoms with Crippen LogP contribution in [-0.2, 0) is 4.74 Å². The number of hydrogen-bond acceptors (Lipinski definition) is 2. The van der Waals surface area contributed by atoms with Gasteiger partial charge in [-0.15, -0.1) is 0 Å². The molecule has 96 valence electrons. The highest BCUT2D eigenvalue weighted by molar-refractivity contribution is 4.91. The van der Waals surface area contributed by atoms with Gasteiger partial charge in [-0.05, 0) is 32.1 Å². The van der Waals surface area contributed by atoms with E-state index in [1.165, 1.54) is 32.1 Å². The highest BCUT2D eigenvalue weighted by atomic mass is 16.5. The van der Waals surface area contributed by atoms with Crippen LogP contribution in [0.15, 0.2) is 0 Å². The van der Waals surface area contributed by atoms with Gasteiger partial charge in [-0.1, -0.05) is 39.5 Å². The molecule has 16 heavy (non-hydrogen) atoms. The van der Waals surface area contributed by atoms with Gasteiger partial charge in [0.25, 0.3) is 0 Å². The van der Waals surface area contributed by atoms with Crippen molar-refractivity contribution in [1.29, 1.82) is 0 Å². The van der Waals surface area contributed by atoms with E-state index >= 15 is 0 Å². The number of rotatable bonds is 7. The fourth-order valence-electron chi connectivity index (χ4n) is 2.68. The van der Waals surface area contributed by atoms with Crippen LogP contribution in [0.4, 0.5) is 0 Å². The van der Waals surface area contributed by atoms with Crippen LogP contribution in [0.25, 0.3) is 0 Å². The van der Waals surface area contributed by atoms with Gasteiger partial charge < -0.3 is 10.5 Å². The van der Waals surface area contributed by atoms with E-state index in [1.807, 2.05) is 0 Å². The Labute approximate surface area is 101 Å². The zero-order chi connectivity index (χ0) is 12.0. The van der Waals surface area contributed by atoms with Crippen LogP contribution >= 0.6 is 0 Å². The molecular formula is C14H29NO. The van der Waals surface area contributed by atoms with E-state index in [-0.39, 0.29) is 11.6 Å². The summed E-state index contributed by atoms with van der Waals surface area (Å²) in [6.45, 7) is 7.63. The van der Waals surface area contributed by atoms with Crippen LogP contribution < -0.4 is 5.73 Å². The van der Waals surface area contributed by atoms with Gasteiger partial charge in [0.15, 0.2) is 0 Å². The molecule has 1 rings (SSSR count). The SMILES string of the molecule is CCCCC(CC)CC(N)C1(C)CCCO1. The Kier molecular flexibility index (Phi) is 5.77. The highest BCUT2D eigenvalue weighted by Gasteiger charge is 2.36. The van der Waals surface area contributed by atoms with Gasteiger partial charge in [0.2, 0.25) is 0 Å². The summed E-state index contributed by atoms with van der Waals surface area (Å²) in [6, 6.07) is 0.219. The third-order valence-electron chi connectivity index (χ3n) is 4.16. The average Bonchev–Trinajstić information content (AvgIpc) is 2.72. The molecule has 1 aliphatic rings. The second kappa shape index (κ2) is 6.61. The monoisotopic (exact) mass is 227 g/mol. The van der Waals surface area contributed by atoms with Crippen LogP contribution in [0, 0.1) is 5.92 Å². The molecule has 0 radical (unpaired) electrons. The van der Waals surface area contributed by atoms with Gasteiger partial charge in [0.05, 0.1) is 5.60 Å². The Morgan fingerprint density at radius 1 is 1.38 bits per heavy atom. The lowest BCUT2D eigenvalue weighted by atomic mass is 9.84. The standard InChI is InChI=1S/C14H29NO/c1-4-6-8-12(5-2)11-13(15)14(3)9-7-10-16-14/h12-13H,4-11,15H2,1-3H3. The molecule has 0 aromatic heterocycles. The van der Waals surface area contributed by atoms with E-state index in [0.29, 0.717) is 0 Å². The van der Waals surface area contributed by atoms with Crippen molar-refractivity contribution in [3.63, 3.8) is 0 Å². The second-order valence-electron chi connectivity index (χ2n) is 5.52. The molecule has 0 spiro atoms. The number of hydrogen-bond donors (Lipinski definition) is 1. The molecule has 0 aliphatic carbocycles. The second-order valence-corrected chi connectivity index (χ2v) is 5.52. The van der Waals surface area contributed by atoms with Crippen molar-refractivity contribution in [2.45, 2.75) is 77.4 Å². The highest BCUT2D eigenvalue weighted by Crippen LogP contribution is 2.32. The van der Waals surface area contributed by atoms with Crippen LogP contribution in [0.3, 0.4) is 0 Å². The van der Waals surface area contributed by atoms with Crippen LogP contribution in [0.1, 0.15) is 65.7 Å². The fourth-order valence-corrected chi connectivity index (χ4v) is 2.68. The van der Waals surface area contributed by atoms with E-state index < -0.39 is 0 Å². The molecule has 2 N–H and O–H groups in total. The zero-order valence-electron chi connectivity index (χ0n) is 11.3. The van der Waals surface area contributed by atoms with E-state index in [1.54, 1.807) is 0 Å². The molecule has 3 unspecified atom stereocenters. The lowest BCUT2D eigenvalue weighted by Gasteiger charge is -2.32. The topological polar surface area (TPSA) is 35.2 Å². The van der Waals surface area contributed by atoms with E-state index in [4.69, 9.17) is 10.5 Å². The minimum Gasteiger partial charge on any atom is -0.374 e. The molecule has 2 heteroatoms. The van der Waals surface area contributed by atoms with Crippen LogP contribution in [0.2, 0.25) is 0 Å². The summed E-state index contributed by atoms with van der Waals surface area (Å²) in [5, 5.41) is 0. The smallest absolute Gasteiger partial charge is 0.0805 e. The summed E-state index contributed by atoms with van der Waals surface area (Å²) in [4.78, 5) is 0. The van der Waals surface area contributed by atoms with Gasteiger partial charge in [0.1, 0.15) is 0 Å². The Bertz CT molecular complexity index is 187. The summed E-state index contributed by atoms with van der Waals surface area (Å²) in [7, 11) is 0.